The predicted molar refractivity (Wildman–Crippen MR) is 181 cm³/mol. The number of fused-ring (bicyclic) bond motifs is 5. The van der Waals surface area contributed by atoms with E-state index in [4.69, 9.17) is 16.6 Å². The Morgan fingerprint density at radius 1 is 1.11 bits per heavy atom. The molecule has 244 valence electrons. The molecule has 0 unspecified atom stereocenters. The average molecular weight is 659 g/mol. The fourth-order valence-corrected chi connectivity index (χ4v) is 7.03. The number of anilines is 2. The van der Waals surface area contributed by atoms with Crippen LogP contribution >= 0.6 is 11.6 Å². The van der Waals surface area contributed by atoms with Crippen LogP contribution in [0.25, 0.3) is 28.0 Å². The van der Waals surface area contributed by atoms with E-state index in [1.165, 1.54) is 33.7 Å². The van der Waals surface area contributed by atoms with Gasteiger partial charge < -0.3 is 19.8 Å². The van der Waals surface area contributed by atoms with Crippen LogP contribution in [0.4, 0.5) is 15.8 Å². The number of aromatic hydroxyl groups is 1. The van der Waals surface area contributed by atoms with Gasteiger partial charge in [-0.1, -0.05) is 51.9 Å². The first kappa shape index (κ1) is 32.2. The van der Waals surface area contributed by atoms with E-state index in [9.17, 15) is 14.7 Å². The first-order valence-electron chi connectivity index (χ1n) is 15.5. The molecule has 4 aromatic rings. The Hall–Kier alpha value is -4.77. The molecule has 3 aromatic heterocycles. The van der Waals surface area contributed by atoms with Crippen LogP contribution in [0, 0.1) is 5.82 Å². The lowest BCUT2D eigenvalue weighted by Crippen LogP contribution is -2.66. The number of nitrogens with zero attached hydrogens (tertiary/aromatic N) is 6. The van der Waals surface area contributed by atoms with Gasteiger partial charge in [-0.2, -0.15) is 0 Å². The molecule has 1 N–H and O–H groups in total. The highest BCUT2D eigenvalue weighted by Gasteiger charge is 2.46. The first-order valence-corrected chi connectivity index (χ1v) is 15.9. The number of rotatable bonds is 5. The standard InChI is InChI=1S/C35H36ClFN6O4/c1-8-26(45)41-16-24-34(46)40(7)32-31(42(24)15-19(41)6)21-14-22(36)29(27-23(37)10-9-11-25(27)44)39-33(21)43(35(32)47)30-20(17(2)3)12-13-38-28(30)18(4)5/h8-14,17-19,24,44H,1,15-16H2,2-7H3/t19-,24-/m1/s1. The second-order valence-electron chi connectivity index (χ2n) is 12.7. The Morgan fingerprint density at radius 3 is 2.47 bits per heavy atom. The summed E-state index contributed by atoms with van der Waals surface area (Å²) in [6, 6.07) is 6.25. The van der Waals surface area contributed by atoms with Gasteiger partial charge in [0.2, 0.25) is 5.91 Å². The number of carbonyl (C=O) groups excluding carboxylic acids is 2. The van der Waals surface area contributed by atoms with Crippen LogP contribution in [0.2, 0.25) is 5.02 Å². The van der Waals surface area contributed by atoms with Crippen molar-refractivity contribution < 1.29 is 19.1 Å². The lowest BCUT2D eigenvalue weighted by atomic mass is 9.95. The first-order chi connectivity index (χ1) is 22.3. The van der Waals surface area contributed by atoms with Gasteiger partial charge in [0.25, 0.3) is 11.5 Å². The third kappa shape index (κ3) is 4.95. The molecule has 2 aliphatic heterocycles. The minimum absolute atomic E-state index is 0.0362. The molecule has 1 aromatic carbocycles. The summed E-state index contributed by atoms with van der Waals surface area (Å²) in [5.74, 6) is -1.88. The zero-order valence-corrected chi connectivity index (χ0v) is 27.8. The highest BCUT2D eigenvalue weighted by molar-refractivity contribution is 6.34. The second-order valence-corrected chi connectivity index (χ2v) is 13.1. The number of phenolic OH excluding ortho intramolecular Hbond substituents is 1. The third-order valence-electron chi connectivity index (χ3n) is 9.09. The maximum absolute atomic E-state index is 15.3. The van der Waals surface area contributed by atoms with Gasteiger partial charge in [0.1, 0.15) is 23.3 Å². The number of likely N-dealkylation sites (N-methyl/N-ethyl adjacent to an activating group) is 1. The molecule has 1 saturated heterocycles. The van der Waals surface area contributed by atoms with Gasteiger partial charge in [-0.25, -0.2) is 9.37 Å². The van der Waals surface area contributed by atoms with Gasteiger partial charge in [-0.3, -0.25) is 23.9 Å². The highest BCUT2D eigenvalue weighted by Crippen LogP contribution is 2.45. The molecule has 0 aliphatic carbocycles. The Labute approximate surface area is 276 Å². The van der Waals surface area contributed by atoms with Crippen molar-refractivity contribution in [1.29, 1.82) is 0 Å². The number of halogens is 2. The van der Waals surface area contributed by atoms with E-state index in [2.05, 4.69) is 11.6 Å². The summed E-state index contributed by atoms with van der Waals surface area (Å²) in [5.41, 5.74) is 1.94. The van der Waals surface area contributed by atoms with Crippen LogP contribution in [0.5, 0.6) is 5.75 Å². The van der Waals surface area contributed by atoms with Gasteiger partial charge in [-0.15, -0.1) is 0 Å². The monoisotopic (exact) mass is 658 g/mol. The minimum Gasteiger partial charge on any atom is -0.507 e. The molecule has 0 saturated carbocycles. The van der Waals surface area contributed by atoms with Crippen molar-refractivity contribution in [1.82, 2.24) is 19.4 Å². The van der Waals surface area contributed by atoms with Crippen LogP contribution in [0.15, 0.2) is 54.0 Å². The fourth-order valence-electron chi connectivity index (χ4n) is 6.79. The van der Waals surface area contributed by atoms with Gasteiger partial charge in [0.05, 0.1) is 39.9 Å². The van der Waals surface area contributed by atoms with Crippen molar-refractivity contribution in [3.8, 4) is 22.7 Å². The zero-order chi connectivity index (χ0) is 34.1. The van der Waals surface area contributed by atoms with E-state index >= 15 is 9.18 Å². The van der Waals surface area contributed by atoms with Gasteiger partial charge in [0.15, 0.2) is 5.65 Å². The third-order valence-corrected chi connectivity index (χ3v) is 9.38. The normalized spacial score (nSPS) is 17.8. The van der Waals surface area contributed by atoms with Gasteiger partial charge >= 0.3 is 0 Å². The van der Waals surface area contributed by atoms with Gasteiger partial charge in [-0.05, 0) is 54.7 Å². The molecule has 1 fully saturated rings. The number of aromatic nitrogens is 3. The van der Waals surface area contributed by atoms with E-state index in [0.29, 0.717) is 22.5 Å². The van der Waals surface area contributed by atoms with Crippen LogP contribution in [-0.2, 0) is 9.59 Å². The molecule has 10 nitrogen and oxygen atoms in total. The number of hydrogen-bond donors (Lipinski definition) is 1. The van der Waals surface area contributed by atoms with Gasteiger partial charge in [0, 0.05) is 31.2 Å². The summed E-state index contributed by atoms with van der Waals surface area (Å²) >= 11 is 6.88. The molecule has 6 rings (SSSR count). The Kier molecular flexibility index (Phi) is 8.07. The SMILES string of the molecule is C=CC(=O)N1C[C@@H]2C(=O)N(C)c3c(c4cc(Cl)c(-c5c(O)cccc5F)nc4n(-c4c(C(C)C)ccnc4C(C)C)c3=O)N2C[C@H]1C. The number of carbonyl (C=O) groups is 2. The van der Waals surface area contributed by atoms with Crippen LogP contribution in [0.3, 0.4) is 0 Å². The molecule has 5 heterocycles. The molecule has 2 amide bonds. The van der Waals surface area contributed by atoms with Crippen LogP contribution in [0.1, 0.15) is 57.7 Å². The molecule has 2 atom stereocenters. The summed E-state index contributed by atoms with van der Waals surface area (Å²) in [6.45, 7) is 13.8. The highest BCUT2D eigenvalue weighted by atomic mass is 35.5. The number of piperazine rings is 1. The maximum atomic E-state index is 15.3. The maximum Gasteiger partial charge on any atom is 0.283 e. The Bertz CT molecular complexity index is 2000. The number of benzene rings is 1. The molecule has 2 aliphatic rings. The fraction of sp³-hybridized carbons (Fsp3) is 0.343. The topological polar surface area (TPSA) is 112 Å². The van der Waals surface area contributed by atoms with E-state index in [1.807, 2.05) is 45.6 Å². The molecular weight excluding hydrogens is 623 g/mol. The van der Waals surface area contributed by atoms with E-state index in [1.54, 1.807) is 24.2 Å². The number of hydrogen-bond acceptors (Lipinski definition) is 7. The molecule has 0 spiro atoms. The quantitative estimate of drug-likeness (QED) is 0.271. The van der Waals surface area contributed by atoms with E-state index in [0.717, 1.165) is 5.56 Å². The molecule has 0 radical (unpaired) electrons. The molecule has 47 heavy (non-hydrogen) atoms. The van der Waals surface area contributed by atoms with Crippen molar-refractivity contribution in [2.45, 2.75) is 58.5 Å². The average Bonchev–Trinajstić information content (AvgIpc) is 3.02. The summed E-state index contributed by atoms with van der Waals surface area (Å²) in [6.07, 6.45) is 2.93. The number of phenols is 1. The summed E-state index contributed by atoms with van der Waals surface area (Å²) in [5, 5.41) is 11.2. The van der Waals surface area contributed by atoms with E-state index < -0.39 is 17.4 Å². The minimum atomic E-state index is -0.795. The predicted octanol–water partition coefficient (Wildman–Crippen LogP) is 5.76. The molecule has 12 heteroatoms. The van der Waals surface area contributed by atoms with Crippen molar-refractivity contribution in [3.05, 3.63) is 81.6 Å². The van der Waals surface area contributed by atoms with Crippen LogP contribution < -0.4 is 15.4 Å². The van der Waals surface area contributed by atoms with Crippen molar-refractivity contribution in [3.63, 3.8) is 0 Å². The summed E-state index contributed by atoms with van der Waals surface area (Å²) in [4.78, 5) is 56.1. The Balaban J connectivity index is 1.78. The lowest BCUT2D eigenvalue weighted by Gasteiger charge is -2.49. The largest absolute Gasteiger partial charge is 0.507 e. The summed E-state index contributed by atoms with van der Waals surface area (Å²) in [7, 11) is 1.55. The number of amides is 2. The smallest absolute Gasteiger partial charge is 0.283 e. The Morgan fingerprint density at radius 2 is 1.83 bits per heavy atom. The number of pyridine rings is 3. The van der Waals surface area contributed by atoms with Crippen molar-refractivity contribution in [2.24, 2.45) is 0 Å². The lowest BCUT2D eigenvalue weighted by molar-refractivity contribution is -0.130. The molecular formula is C35H36ClFN6O4. The zero-order valence-electron chi connectivity index (χ0n) is 27.1. The van der Waals surface area contributed by atoms with Crippen molar-refractivity contribution >= 4 is 45.8 Å². The van der Waals surface area contributed by atoms with E-state index in [-0.39, 0.29) is 76.1 Å². The van der Waals surface area contributed by atoms with Crippen LogP contribution in [-0.4, -0.2) is 68.6 Å². The van der Waals surface area contributed by atoms with Crippen molar-refractivity contribution in [2.75, 3.05) is 29.9 Å². The second kappa shape index (κ2) is 11.8. The molecule has 0 bridgehead atoms. The summed E-state index contributed by atoms with van der Waals surface area (Å²) < 4.78 is 16.7.